The summed E-state index contributed by atoms with van der Waals surface area (Å²) in [6.45, 7) is 2.02. The summed E-state index contributed by atoms with van der Waals surface area (Å²) >= 11 is 7.89. The number of halogens is 1. The Kier molecular flexibility index (Phi) is 10.2. The van der Waals surface area contributed by atoms with Crippen molar-refractivity contribution in [2.24, 2.45) is 0 Å². The fraction of sp³-hybridized carbons (Fsp3) is 0.320. The second kappa shape index (κ2) is 13.6. The summed E-state index contributed by atoms with van der Waals surface area (Å²) < 4.78 is 5.83. The van der Waals surface area contributed by atoms with Gasteiger partial charge in [-0.3, -0.25) is 14.6 Å². The molecule has 7 nitrogen and oxygen atoms in total. The maximum Gasteiger partial charge on any atom is 0.303 e. The first-order valence-corrected chi connectivity index (χ1v) is 12.4. The highest BCUT2D eigenvalue weighted by atomic mass is 35.5. The molecule has 0 unspecified atom stereocenters. The predicted octanol–water partition coefficient (Wildman–Crippen LogP) is 5.57. The zero-order valence-corrected chi connectivity index (χ0v) is 20.4. The highest BCUT2D eigenvalue weighted by Crippen LogP contribution is 2.24. The van der Waals surface area contributed by atoms with Gasteiger partial charge in [-0.05, 0) is 54.6 Å². The minimum absolute atomic E-state index is 0.131. The van der Waals surface area contributed by atoms with Gasteiger partial charge in [0.25, 0.3) is 5.91 Å². The normalized spacial score (nSPS) is 10.6. The average Bonchev–Trinajstić information content (AvgIpc) is 3.34. The Morgan fingerprint density at radius 1 is 1.12 bits per heavy atom. The Morgan fingerprint density at radius 2 is 1.94 bits per heavy atom. The van der Waals surface area contributed by atoms with Gasteiger partial charge in [0, 0.05) is 53.1 Å². The molecule has 9 heteroatoms. The molecule has 2 heterocycles. The first-order valence-electron chi connectivity index (χ1n) is 11.1. The van der Waals surface area contributed by atoms with Crippen molar-refractivity contribution in [2.45, 2.75) is 32.2 Å². The molecule has 1 aromatic carbocycles. The Balaban J connectivity index is 1.60. The van der Waals surface area contributed by atoms with Gasteiger partial charge in [0.1, 0.15) is 12.4 Å². The van der Waals surface area contributed by atoms with Crippen LogP contribution in [-0.2, 0) is 11.3 Å². The van der Waals surface area contributed by atoms with Gasteiger partial charge < -0.3 is 20.1 Å². The Morgan fingerprint density at radius 3 is 2.68 bits per heavy atom. The second-order valence-corrected chi connectivity index (χ2v) is 9.17. The number of ether oxygens (including phenoxy) is 1. The minimum atomic E-state index is -0.797. The summed E-state index contributed by atoms with van der Waals surface area (Å²) in [5.74, 6) is -0.396. The molecule has 0 aliphatic heterocycles. The number of carbonyl (C=O) groups excluding carboxylic acids is 1. The van der Waals surface area contributed by atoms with Crippen LogP contribution in [0.25, 0.3) is 0 Å². The molecule has 2 aromatic heterocycles. The zero-order valence-electron chi connectivity index (χ0n) is 18.8. The van der Waals surface area contributed by atoms with Crippen LogP contribution in [0, 0.1) is 0 Å². The molecule has 3 rings (SSSR count). The van der Waals surface area contributed by atoms with Crippen LogP contribution in [0.4, 0.5) is 5.69 Å². The molecule has 0 saturated carbocycles. The number of carboxylic acids is 1. The maximum absolute atomic E-state index is 13.4. The molecule has 0 atom stereocenters. The number of aliphatic carboxylic acids is 1. The largest absolute Gasteiger partial charge is 0.492 e. The lowest BCUT2D eigenvalue weighted by Crippen LogP contribution is -2.31. The quantitative estimate of drug-likeness (QED) is 0.280. The lowest BCUT2D eigenvalue weighted by atomic mass is 10.1. The van der Waals surface area contributed by atoms with E-state index in [1.54, 1.807) is 46.8 Å². The number of nitrogens with zero attached hydrogens (tertiary/aromatic N) is 2. The third-order valence-corrected chi connectivity index (χ3v) is 6.11. The molecule has 180 valence electrons. The van der Waals surface area contributed by atoms with Crippen LogP contribution in [0.1, 0.15) is 40.9 Å². The van der Waals surface area contributed by atoms with Gasteiger partial charge in [-0.1, -0.05) is 24.1 Å². The third-order valence-electron chi connectivity index (χ3n) is 5.03. The Bertz CT molecular complexity index is 1050. The number of nitrogens with one attached hydrogen (secondary N) is 1. The number of benzene rings is 1. The molecule has 3 aromatic rings. The average molecular weight is 502 g/mol. The van der Waals surface area contributed by atoms with E-state index in [1.165, 1.54) is 0 Å². The summed E-state index contributed by atoms with van der Waals surface area (Å²) in [7, 11) is 0. The third kappa shape index (κ3) is 8.68. The summed E-state index contributed by atoms with van der Waals surface area (Å²) in [5.41, 5.74) is 1.42. The second-order valence-electron chi connectivity index (χ2n) is 7.70. The van der Waals surface area contributed by atoms with Gasteiger partial charge in [-0.2, -0.15) is 0 Å². The number of unbranched alkanes of at least 4 members (excludes halogenated alkanes) is 2. The standard InChI is InChI=1S/C25H28ClN3O4S/c26-20-15-19(16-22(17-20)33-13-11-28-21-7-9-27-10-8-21)25(32)29(18-23-5-4-14-34-23)12-3-1-2-6-24(30)31/h4-5,7-10,14-17H,1-3,6,11-13,18H2,(H,27,28)(H,30,31). The van der Waals surface area contributed by atoms with Crippen molar-refractivity contribution in [1.29, 1.82) is 0 Å². The van der Waals surface area contributed by atoms with Crippen LogP contribution in [0.2, 0.25) is 5.02 Å². The summed E-state index contributed by atoms with van der Waals surface area (Å²) in [4.78, 5) is 31.0. The van der Waals surface area contributed by atoms with Crippen molar-refractivity contribution in [3.63, 3.8) is 0 Å². The fourth-order valence-corrected chi connectivity index (χ4v) is 4.33. The number of rotatable bonds is 14. The molecule has 0 aliphatic rings. The van der Waals surface area contributed by atoms with Crippen molar-refractivity contribution in [3.8, 4) is 5.75 Å². The monoisotopic (exact) mass is 501 g/mol. The summed E-state index contributed by atoms with van der Waals surface area (Å²) in [6, 6.07) is 12.8. The Hall–Kier alpha value is -3.10. The van der Waals surface area contributed by atoms with Crippen LogP contribution in [-0.4, -0.2) is 46.6 Å². The number of hydrogen-bond donors (Lipinski definition) is 2. The molecule has 0 fully saturated rings. The molecule has 0 saturated heterocycles. The number of pyridine rings is 1. The van der Waals surface area contributed by atoms with E-state index in [0.29, 0.717) is 49.0 Å². The van der Waals surface area contributed by atoms with Gasteiger partial charge in [-0.25, -0.2) is 0 Å². The first kappa shape index (κ1) is 25.5. The molecular weight excluding hydrogens is 474 g/mol. The maximum atomic E-state index is 13.4. The first-order chi connectivity index (χ1) is 16.5. The minimum Gasteiger partial charge on any atom is -0.492 e. The lowest BCUT2D eigenvalue weighted by Gasteiger charge is -2.23. The lowest BCUT2D eigenvalue weighted by molar-refractivity contribution is -0.137. The number of carbonyl (C=O) groups is 2. The van der Waals surface area contributed by atoms with Gasteiger partial charge in [0.15, 0.2) is 0 Å². The molecule has 0 spiro atoms. The van der Waals surface area contributed by atoms with Crippen LogP contribution in [0.5, 0.6) is 5.75 Å². The van der Waals surface area contributed by atoms with Crippen LogP contribution >= 0.6 is 22.9 Å². The molecule has 0 aliphatic carbocycles. The van der Waals surface area contributed by atoms with E-state index in [-0.39, 0.29) is 12.3 Å². The number of amides is 1. The molecular formula is C25H28ClN3O4S. The molecule has 0 radical (unpaired) electrons. The number of carboxylic acid groups (broad SMARTS) is 1. The smallest absolute Gasteiger partial charge is 0.303 e. The van der Waals surface area contributed by atoms with Gasteiger partial charge in [-0.15, -0.1) is 11.3 Å². The molecule has 34 heavy (non-hydrogen) atoms. The molecule has 1 amide bonds. The molecule has 2 N–H and O–H groups in total. The highest BCUT2D eigenvalue weighted by Gasteiger charge is 2.18. The van der Waals surface area contributed by atoms with Gasteiger partial charge in [0.05, 0.1) is 6.54 Å². The van der Waals surface area contributed by atoms with Crippen molar-refractivity contribution >= 4 is 40.5 Å². The summed E-state index contributed by atoms with van der Waals surface area (Å²) in [5, 5.41) is 14.5. The summed E-state index contributed by atoms with van der Waals surface area (Å²) in [6.07, 6.45) is 5.64. The van der Waals surface area contributed by atoms with Crippen molar-refractivity contribution in [2.75, 3.05) is 25.0 Å². The predicted molar refractivity (Wildman–Crippen MR) is 135 cm³/mol. The van der Waals surface area contributed by atoms with E-state index in [9.17, 15) is 9.59 Å². The number of aromatic nitrogens is 1. The van der Waals surface area contributed by atoms with E-state index in [0.717, 1.165) is 23.4 Å². The number of anilines is 1. The SMILES string of the molecule is O=C(O)CCCCCN(Cc1cccs1)C(=O)c1cc(Cl)cc(OCCNc2ccncc2)c1. The zero-order chi connectivity index (χ0) is 24.2. The van der Waals surface area contributed by atoms with Crippen molar-refractivity contribution < 1.29 is 19.4 Å². The van der Waals surface area contributed by atoms with Crippen LogP contribution in [0.15, 0.2) is 60.2 Å². The fourth-order valence-electron chi connectivity index (χ4n) is 3.38. The van der Waals surface area contributed by atoms with E-state index in [1.807, 2.05) is 29.6 Å². The van der Waals surface area contributed by atoms with Gasteiger partial charge >= 0.3 is 5.97 Å². The Labute approximate surface area is 208 Å². The highest BCUT2D eigenvalue weighted by molar-refractivity contribution is 7.09. The van der Waals surface area contributed by atoms with E-state index in [2.05, 4.69) is 10.3 Å². The topological polar surface area (TPSA) is 91.8 Å². The number of thiophene rings is 1. The van der Waals surface area contributed by atoms with E-state index < -0.39 is 5.97 Å². The van der Waals surface area contributed by atoms with E-state index in [4.69, 9.17) is 21.4 Å². The van der Waals surface area contributed by atoms with Crippen molar-refractivity contribution in [3.05, 3.63) is 75.7 Å². The van der Waals surface area contributed by atoms with Gasteiger partial charge in [0.2, 0.25) is 0 Å². The molecule has 0 bridgehead atoms. The number of hydrogen-bond acceptors (Lipinski definition) is 6. The van der Waals surface area contributed by atoms with Crippen LogP contribution < -0.4 is 10.1 Å². The van der Waals surface area contributed by atoms with Crippen LogP contribution in [0.3, 0.4) is 0 Å². The van der Waals surface area contributed by atoms with Crippen molar-refractivity contribution in [1.82, 2.24) is 9.88 Å². The van der Waals surface area contributed by atoms with E-state index >= 15 is 0 Å².